The first-order chi connectivity index (χ1) is 24.2. The maximum Gasteiger partial charge on any atom is 0.311 e. The fraction of sp³-hybridized carbons (Fsp3) is 0. The van der Waals surface area contributed by atoms with E-state index in [2.05, 4.69) is 0 Å². The Kier molecular flexibility index (Phi) is 7.45. The molecular weight excluding hydrogens is 670 g/mol. The van der Waals surface area contributed by atoms with Crippen molar-refractivity contribution in [1.82, 2.24) is 0 Å². The molecule has 2 heterocycles. The van der Waals surface area contributed by atoms with Gasteiger partial charge in [0.05, 0.1) is 21.2 Å². The SMILES string of the molecule is O=P1(c2cc(O)cc3ccc(O)cc23)Oc2ccccc2-c2ccccc21.O=P1(c2cc(O)ccc2O)Oc2ccccc2-c2ccccc21. The molecule has 2 aliphatic heterocycles. The zero-order valence-electron chi connectivity index (χ0n) is 26.2. The number of aromatic hydroxyl groups is 4. The molecule has 0 bridgehead atoms. The predicted molar refractivity (Wildman–Crippen MR) is 196 cm³/mol. The second kappa shape index (κ2) is 11.9. The molecule has 2 unspecified atom stereocenters. The van der Waals surface area contributed by atoms with Crippen LogP contribution in [0.2, 0.25) is 0 Å². The van der Waals surface area contributed by atoms with Crippen molar-refractivity contribution in [2.24, 2.45) is 0 Å². The highest BCUT2D eigenvalue weighted by Gasteiger charge is 2.41. The van der Waals surface area contributed by atoms with Gasteiger partial charge in [-0.05, 0) is 88.6 Å². The van der Waals surface area contributed by atoms with Crippen LogP contribution in [0.4, 0.5) is 0 Å². The third-order valence-electron chi connectivity index (χ3n) is 8.74. The average molecular weight is 699 g/mol. The molecule has 4 N–H and O–H groups in total. The third-order valence-corrected chi connectivity index (χ3v) is 13.7. The molecule has 8 nitrogen and oxygen atoms in total. The van der Waals surface area contributed by atoms with Crippen molar-refractivity contribution in [3.8, 4) is 56.8 Å². The van der Waals surface area contributed by atoms with Crippen LogP contribution in [0.25, 0.3) is 33.0 Å². The molecule has 0 amide bonds. The van der Waals surface area contributed by atoms with Gasteiger partial charge in [-0.1, -0.05) is 78.9 Å². The van der Waals surface area contributed by atoms with E-state index < -0.39 is 14.7 Å². The summed E-state index contributed by atoms with van der Waals surface area (Å²) in [5.41, 5.74) is 3.39. The van der Waals surface area contributed by atoms with Crippen molar-refractivity contribution in [3.05, 3.63) is 146 Å². The summed E-state index contributed by atoms with van der Waals surface area (Å²) >= 11 is 0. The van der Waals surface area contributed by atoms with E-state index in [1.54, 1.807) is 54.6 Å². The Bertz CT molecular complexity index is 2580. The number of rotatable bonds is 2. The number of phenolic OH excluding ortho intramolecular Hbond substituents is 4. The zero-order valence-corrected chi connectivity index (χ0v) is 28.0. The molecule has 0 aliphatic carbocycles. The standard InChI is InChI=1S/C22H15O4P.C18H13O4P/c23-15-10-9-14-11-16(24)13-22(19(14)12-15)27(25)21-8-4-2-6-18(21)17-5-1-3-7-20(17)26-27;19-12-9-10-15(20)18(11-12)23(21)17-8-4-2-6-14(17)13-5-1-3-7-16(13)22-23/h1-13,23-24H;1-11,19-20H. The first-order valence-electron chi connectivity index (χ1n) is 15.6. The highest BCUT2D eigenvalue weighted by molar-refractivity contribution is 7.75. The van der Waals surface area contributed by atoms with Gasteiger partial charge in [-0.25, -0.2) is 0 Å². The molecule has 7 aromatic rings. The largest absolute Gasteiger partial charge is 0.508 e. The normalized spacial score (nSPS) is 18.2. The van der Waals surface area contributed by atoms with Crippen LogP contribution in [0.1, 0.15) is 0 Å². The van der Waals surface area contributed by atoms with Gasteiger partial charge in [-0.3, -0.25) is 9.13 Å². The van der Waals surface area contributed by atoms with Gasteiger partial charge >= 0.3 is 14.7 Å². The summed E-state index contributed by atoms with van der Waals surface area (Å²) in [5, 5.41) is 42.9. The summed E-state index contributed by atoms with van der Waals surface area (Å²) in [5.74, 6) is 0.854. The first-order valence-corrected chi connectivity index (χ1v) is 18.9. The molecule has 0 radical (unpaired) electrons. The Balaban J connectivity index is 0.000000146. The average Bonchev–Trinajstić information content (AvgIpc) is 3.13. The van der Waals surface area contributed by atoms with Gasteiger partial charge in [0.15, 0.2) is 0 Å². The Morgan fingerprint density at radius 1 is 0.400 bits per heavy atom. The van der Waals surface area contributed by atoms with E-state index in [0.29, 0.717) is 38.2 Å². The van der Waals surface area contributed by atoms with Gasteiger partial charge in [0.2, 0.25) is 0 Å². The monoisotopic (exact) mass is 698 g/mol. The second-order valence-electron chi connectivity index (χ2n) is 11.9. The quantitative estimate of drug-likeness (QED) is 0.106. The Hall–Kier alpha value is -5.94. The molecule has 9 rings (SSSR count). The molecular formula is C40H28O8P2. The highest BCUT2D eigenvalue weighted by Crippen LogP contribution is 2.56. The van der Waals surface area contributed by atoms with Crippen LogP contribution >= 0.6 is 14.7 Å². The fourth-order valence-corrected chi connectivity index (χ4v) is 11.4. The summed E-state index contributed by atoms with van der Waals surface area (Å²) in [6.07, 6.45) is 0. The number of hydrogen-bond acceptors (Lipinski definition) is 8. The van der Waals surface area contributed by atoms with Crippen molar-refractivity contribution in [2.45, 2.75) is 0 Å². The summed E-state index contributed by atoms with van der Waals surface area (Å²) in [6.45, 7) is 0. The van der Waals surface area contributed by atoms with Gasteiger partial charge in [0.1, 0.15) is 34.5 Å². The third kappa shape index (κ3) is 5.09. The van der Waals surface area contributed by atoms with Gasteiger partial charge in [0, 0.05) is 11.1 Å². The van der Waals surface area contributed by atoms with Crippen LogP contribution < -0.4 is 30.3 Å². The minimum Gasteiger partial charge on any atom is -0.508 e. The zero-order chi connectivity index (χ0) is 34.6. The highest BCUT2D eigenvalue weighted by atomic mass is 31.2. The Labute approximate surface area is 287 Å². The predicted octanol–water partition coefficient (Wildman–Crippen LogP) is 7.93. The van der Waals surface area contributed by atoms with E-state index >= 15 is 0 Å². The molecule has 0 aromatic heterocycles. The van der Waals surface area contributed by atoms with Crippen molar-refractivity contribution >= 4 is 46.7 Å². The summed E-state index contributed by atoms with van der Waals surface area (Å²) in [7, 11) is -7.11. The van der Waals surface area contributed by atoms with E-state index in [4.69, 9.17) is 9.05 Å². The summed E-state index contributed by atoms with van der Waals surface area (Å²) < 4.78 is 39.9. The maximum absolute atomic E-state index is 14.3. The fourth-order valence-electron chi connectivity index (χ4n) is 6.49. The molecule has 0 spiro atoms. The van der Waals surface area contributed by atoms with Crippen LogP contribution in [0.5, 0.6) is 34.5 Å². The number of hydrogen-bond donors (Lipinski definition) is 4. The van der Waals surface area contributed by atoms with Crippen LogP contribution in [0.3, 0.4) is 0 Å². The summed E-state index contributed by atoms with van der Waals surface area (Å²) in [6, 6.07) is 41.3. The van der Waals surface area contributed by atoms with E-state index in [1.807, 2.05) is 60.7 Å². The van der Waals surface area contributed by atoms with Crippen molar-refractivity contribution in [3.63, 3.8) is 0 Å². The molecule has 0 saturated carbocycles. The van der Waals surface area contributed by atoms with E-state index in [-0.39, 0.29) is 28.3 Å². The molecule has 2 aliphatic rings. The van der Waals surface area contributed by atoms with Crippen molar-refractivity contribution in [1.29, 1.82) is 0 Å². The molecule has 7 aromatic carbocycles. The minimum absolute atomic E-state index is 0.00152. The summed E-state index contributed by atoms with van der Waals surface area (Å²) in [4.78, 5) is 0. The van der Waals surface area contributed by atoms with Crippen molar-refractivity contribution in [2.75, 3.05) is 0 Å². The lowest BCUT2D eigenvalue weighted by Crippen LogP contribution is -2.25. The molecule has 0 fully saturated rings. The molecule has 246 valence electrons. The second-order valence-corrected chi connectivity index (χ2v) is 16.4. The molecule has 2 atom stereocenters. The van der Waals surface area contributed by atoms with E-state index in [1.165, 1.54) is 30.3 Å². The number of para-hydroxylation sites is 2. The number of phenols is 4. The smallest absolute Gasteiger partial charge is 0.311 e. The van der Waals surface area contributed by atoms with Gasteiger partial charge < -0.3 is 29.5 Å². The molecule has 0 saturated heterocycles. The lowest BCUT2D eigenvalue weighted by molar-refractivity contribution is 0.459. The first kappa shape index (κ1) is 31.3. The van der Waals surface area contributed by atoms with Gasteiger partial charge in [0.25, 0.3) is 0 Å². The minimum atomic E-state index is -3.56. The Morgan fingerprint density at radius 2 is 0.860 bits per heavy atom. The lowest BCUT2D eigenvalue weighted by Gasteiger charge is -2.29. The van der Waals surface area contributed by atoms with Crippen LogP contribution in [-0.2, 0) is 9.13 Å². The molecule has 50 heavy (non-hydrogen) atoms. The van der Waals surface area contributed by atoms with Crippen LogP contribution in [0, 0.1) is 0 Å². The van der Waals surface area contributed by atoms with Crippen LogP contribution in [0.15, 0.2) is 146 Å². The lowest BCUT2D eigenvalue weighted by atomic mass is 10.0. The number of fused-ring (bicyclic) bond motifs is 7. The Morgan fingerprint density at radius 3 is 1.46 bits per heavy atom. The van der Waals surface area contributed by atoms with Crippen LogP contribution in [-0.4, -0.2) is 20.4 Å². The van der Waals surface area contributed by atoms with Gasteiger partial charge in [-0.15, -0.1) is 0 Å². The maximum atomic E-state index is 14.3. The topological polar surface area (TPSA) is 134 Å². The van der Waals surface area contributed by atoms with Crippen molar-refractivity contribution < 1.29 is 38.6 Å². The van der Waals surface area contributed by atoms with E-state index in [9.17, 15) is 29.6 Å². The van der Waals surface area contributed by atoms with Gasteiger partial charge in [-0.2, -0.15) is 0 Å². The van der Waals surface area contributed by atoms with E-state index in [0.717, 1.165) is 22.3 Å². The number of benzene rings is 7. The molecule has 10 heteroatoms.